The number of ether oxygens (including phenoxy) is 1. The van der Waals surface area contributed by atoms with Gasteiger partial charge in [0.25, 0.3) is 11.9 Å². The average Bonchev–Trinajstić information content (AvgIpc) is 3.20. The largest absolute Gasteiger partial charge is 0.468 e. The van der Waals surface area contributed by atoms with Gasteiger partial charge >= 0.3 is 0 Å². The molecule has 0 aromatic carbocycles. The second-order valence-corrected chi connectivity index (χ2v) is 7.27. The van der Waals surface area contributed by atoms with E-state index in [0.717, 1.165) is 38.3 Å². The fraction of sp³-hybridized carbons (Fsp3) is 0.529. The maximum Gasteiger partial charge on any atom is 0.290 e. The number of nitrogens with zero attached hydrogens (tertiary/aromatic N) is 3. The summed E-state index contributed by atoms with van der Waals surface area (Å²) >= 11 is 1.63. The Hall–Kier alpha value is -1.86. The number of thiazole rings is 1. The Kier molecular flexibility index (Phi) is 4.28. The van der Waals surface area contributed by atoms with E-state index < -0.39 is 0 Å². The third-order valence-corrected chi connectivity index (χ3v) is 5.55. The van der Waals surface area contributed by atoms with Gasteiger partial charge in [0.15, 0.2) is 5.76 Å². The van der Waals surface area contributed by atoms with Crippen LogP contribution in [0.5, 0.6) is 5.95 Å². The van der Waals surface area contributed by atoms with Crippen LogP contribution >= 0.6 is 11.3 Å². The Morgan fingerprint density at radius 2 is 2.29 bits per heavy atom. The van der Waals surface area contributed by atoms with E-state index in [9.17, 15) is 4.79 Å². The van der Waals surface area contributed by atoms with Crippen molar-refractivity contribution in [2.45, 2.75) is 25.4 Å². The number of fused-ring (bicyclic) bond motifs is 4. The molecule has 2 aromatic rings. The smallest absolute Gasteiger partial charge is 0.290 e. The SMILES string of the molecule is COc1ccc(C(=O)N2C[C@H]3CC[C@@H]2CN(Cc2cscn2)C3)o1. The molecule has 6 nitrogen and oxygen atoms in total. The molecule has 2 aromatic heterocycles. The topological polar surface area (TPSA) is 58.8 Å². The molecule has 5 heterocycles. The number of carbonyl (C=O) groups is 1. The number of hydrogen-bond acceptors (Lipinski definition) is 6. The Morgan fingerprint density at radius 1 is 1.38 bits per heavy atom. The second kappa shape index (κ2) is 6.57. The molecule has 5 rings (SSSR count). The van der Waals surface area contributed by atoms with Crippen molar-refractivity contribution in [3.63, 3.8) is 0 Å². The molecular formula is C17H21N3O3S. The van der Waals surface area contributed by atoms with Crippen molar-refractivity contribution in [3.05, 3.63) is 34.5 Å². The summed E-state index contributed by atoms with van der Waals surface area (Å²) in [5.41, 5.74) is 3.00. The van der Waals surface area contributed by atoms with E-state index in [1.807, 2.05) is 10.4 Å². The number of piperidine rings is 1. The van der Waals surface area contributed by atoms with Crippen molar-refractivity contribution < 1.29 is 13.9 Å². The van der Waals surface area contributed by atoms with Crippen LogP contribution in [0.2, 0.25) is 0 Å². The first-order valence-electron chi connectivity index (χ1n) is 8.27. The maximum absolute atomic E-state index is 12.8. The van der Waals surface area contributed by atoms with E-state index in [0.29, 0.717) is 17.6 Å². The Labute approximate surface area is 145 Å². The lowest BCUT2D eigenvalue weighted by atomic mass is 9.95. The Bertz CT molecular complexity index is 700. The standard InChI is InChI=1S/C17H21N3O3S/c1-22-16-5-4-15(23-16)17(21)20-7-12-2-3-14(20)9-19(6-12)8-13-10-24-11-18-13/h4-5,10-12,14H,2-3,6-9H2,1H3/t12-,14+/m0/s1. The zero-order chi connectivity index (χ0) is 16.5. The van der Waals surface area contributed by atoms with E-state index in [-0.39, 0.29) is 11.9 Å². The zero-order valence-electron chi connectivity index (χ0n) is 13.7. The zero-order valence-corrected chi connectivity index (χ0v) is 14.5. The molecule has 0 aliphatic carbocycles. The third kappa shape index (κ3) is 3.06. The number of rotatable bonds is 4. The summed E-state index contributed by atoms with van der Waals surface area (Å²) < 4.78 is 10.5. The summed E-state index contributed by atoms with van der Waals surface area (Å²) in [6.45, 7) is 3.60. The molecule has 0 radical (unpaired) electrons. The monoisotopic (exact) mass is 347 g/mol. The van der Waals surface area contributed by atoms with Gasteiger partial charge in [-0.2, -0.15) is 0 Å². The van der Waals surface area contributed by atoms with Gasteiger partial charge in [0.1, 0.15) is 0 Å². The van der Waals surface area contributed by atoms with E-state index in [2.05, 4.69) is 15.3 Å². The van der Waals surface area contributed by atoms with Crippen LogP contribution in [-0.4, -0.2) is 53.5 Å². The average molecular weight is 347 g/mol. The van der Waals surface area contributed by atoms with Crippen LogP contribution in [-0.2, 0) is 6.54 Å². The van der Waals surface area contributed by atoms with Gasteiger partial charge in [0.05, 0.1) is 18.3 Å². The highest BCUT2D eigenvalue weighted by atomic mass is 32.1. The molecule has 128 valence electrons. The first kappa shape index (κ1) is 15.7. The Morgan fingerprint density at radius 3 is 3.04 bits per heavy atom. The number of hydrogen-bond donors (Lipinski definition) is 0. The summed E-state index contributed by atoms with van der Waals surface area (Å²) in [4.78, 5) is 21.7. The summed E-state index contributed by atoms with van der Waals surface area (Å²) in [6, 6.07) is 3.64. The summed E-state index contributed by atoms with van der Waals surface area (Å²) in [5.74, 6) is 1.24. The molecule has 24 heavy (non-hydrogen) atoms. The molecule has 0 spiro atoms. The van der Waals surface area contributed by atoms with Crippen LogP contribution in [0.4, 0.5) is 0 Å². The van der Waals surface area contributed by atoms with Gasteiger partial charge in [-0.3, -0.25) is 9.69 Å². The van der Waals surface area contributed by atoms with Crippen molar-refractivity contribution in [3.8, 4) is 5.95 Å². The highest BCUT2D eigenvalue weighted by Crippen LogP contribution is 2.30. The molecule has 3 aliphatic heterocycles. The molecule has 2 bridgehead atoms. The van der Waals surface area contributed by atoms with Crippen LogP contribution in [0.3, 0.4) is 0 Å². The number of methoxy groups -OCH3 is 1. The summed E-state index contributed by atoms with van der Waals surface area (Å²) in [5, 5.41) is 2.10. The van der Waals surface area contributed by atoms with Crippen molar-refractivity contribution >= 4 is 17.2 Å². The quantitative estimate of drug-likeness (QED) is 0.850. The number of aromatic nitrogens is 1. The van der Waals surface area contributed by atoms with Gasteiger partial charge in [-0.1, -0.05) is 0 Å². The van der Waals surface area contributed by atoms with Crippen molar-refractivity contribution in [2.24, 2.45) is 5.92 Å². The van der Waals surface area contributed by atoms with Gasteiger partial charge in [-0.05, 0) is 24.8 Å². The highest BCUT2D eigenvalue weighted by molar-refractivity contribution is 7.07. The summed E-state index contributed by atoms with van der Waals surface area (Å²) in [6.07, 6.45) is 2.24. The van der Waals surface area contributed by atoms with Crippen molar-refractivity contribution in [2.75, 3.05) is 26.7 Å². The third-order valence-electron chi connectivity index (χ3n) is 4.91. The normalized spacial score (nSPS) is 24.1. The molecule has 0 N–H and O–H groups in total. The highest BCUT2D eigenvalue weighted by Gasteiger charge is 2.38. The second-order valence-electron chi connectivity index (χ2n) is 6.55. The lowest BCUT2D eigenvalue weighted by Crippen LogP contribution is -2.47. The molecule has 7 heteroatoms. The predicted octanol–water partition coefficient (Wildman–Crippen LogP) is 2.48. The van der Waals surface area contributed by atoms with Crippen LogP contribution in [0.15, 0.2) is 27.4 Å². The molecule has 3 saturated heterocycles. The lowest BCUT2D eigenvalue weighted by Gasteiger charge is -2.35. The fourth-order valence-corrected chi connectivity index (χ4v) is 4.34. The van der Waals surface area contributed by atoms with E-state index >= 15 is 0 Å². The molecule has 3 fully saturated rings. The van der Waals surface area contributed by atoms with Gasteiger partial charge < -0.3 is 14.1 Å². The first-order chi connectivity index (χ1) is 11.7. The van der Waals surface area contributed by atoms with Gasteiger partial charge in [-0.15, -0.1) is 11.3 Å². The molecule has 0 saturated carbocycles. The van der Waals surface area contributed by atoms with Crippen LogP contribution < -0.4 is 4.74 Å². The number of carbonyl (C=O) groups excluding carboxylic acids is 1. The first-order valence-corrected chi connectivity index (χ1v) is 9.21. The molecular weight excluding hydrogens is 326 g/mol. The Balaban J connectivity index is 1.49. The van der Waals surface area contributed by atoms with Gasteiger partial charge in [0, 0.05) is 43.7 Å². The van der Waals surface area contributed by atoms with Crippen LogP contribution in [0, 0.1) is 5.92 Å². The lowest BCUT2D eigenvalue weighted by molar-refractivity contribution is 0.0547. The van der Waals surface area contributed by atoms with E-state index in [1.54, 1.807) is 23.5 Å². The minimum absolute atomic E-state index is 0.0245. The van der Waals surface area contributed by atoms with Gasteiger partial charge in [0.2, 0.25) is 0 Å². The van der Waals surface area contributed by atoms with Crippen molar-refractivity contribution in [1.29, 1.82) is 0 Å². The fourth-order valence-electron chi connectivity index (χ4n) is 3.79. The van der Waals surface area contributed by atoms with E-state index in [1.165, 1.54) is 13.5 Å². The van der Waals surface area contributed by atoms with Crippen molar-refractivity contribution in [1.82, 2.24) is 14.8 Å². The van der Waals surface area contributed by atoms with Crippen LogP contribution in [0.25, 0.3) is 0 Å². The van der Waals surface area contributed by atoms with Crippen LogP contribution in [0.1, 0.15) is 29.1 Å². The van der Waals surface area contributed by atoms with E-state index in [4.69, 9.17) is 9.15 Å². The predicted molar refractivity (Wildman–Crippen MR) is 90.2 cm³/mol. The molecule has 1 amide bonds. The maximum atomic E-state index is 12.8. The minimum Gasteiger partial charge on any atom is -0.468 e. The summed E-state index contributed by atoms with van der Waals surface area (Å²) in [7, 11) is 1.54. The van der Waals surface area contributed by atoms with Gasteiger partial charge in [-0.25, -0.2) is 4.98 Å². The minimum atomic E-state index is -0.0245. The molecule has 2 atom stereocenters. The number of furan rings is 1. The molecule has 3 aliphatic rings. The number of amides is 1. The molecule has 0 unspecified atom stereocenters.